The van der Waals surface area contributed by atoms with Gasteiger partial charge in [-0.2, -0.15) is 0 Å². The van der Waals surface area contributed by atoms with Crippen molar-refractivity contribution in [2.24, 2.45) is 0 Å². The highest BCUT2D eigenvalue weighted by Gasteiger charge is 2.31. The summed E-state index contributed by atoms with van der Waals surface area (Å²) in [6.45, 7) is 1.98. The van der Waals surface area contributed by atoms with E-state index in [0.717, 1.165) is 24.2 Å². The number of amides is 1. The molecule has 0 spiro atoms. The second kappa shape index (κ2) is 4.90. The van der Waals surface area contributed by atoms with Gasteiger partial charge in [0.15, 0.2) is 5.69 Å². The van der Waals surface area contributed by atoms with E-state index in [-0.39, 0.29) is 5.91 Å². The summed E-state index contributed by atoms with van der Waals surface area (Å²) in [5.74, 6) is 1.32. The van der Waals surface area contributed by atoms with E-state index in [1.165, 1.54) is 4.90 Å². The second-order valence-corrected chi connectivity index (χ2v) is 5.58. The number of nitrogens with zero attached hydrogens (tertiary/aromatic N) is 3. The monoisotopic (exact) mass is 273 g/mol. The van der Waals surface area contributed by atoms with Crippen LogP contribution in [0.3, 0.4) is 0 Å². The number of hydrogen-bond acceptors (Lipinski definition) is 3. The molecule has 2 heterocycles. The van der Waals surface area contributed by atoms with Crippen LogP contribution in [0, 0.1) is 0 Å². The van der Waals surface area contributed by atoms with E-state index in [9.17, 15) is 9.90 Å². The van der Waals surface area contributed by atoms with Crippen molar-refractivity contribution < 1.29 is 9.90 Å². The summed E-state index contributed by atoms with van der Waals surface area (Å²) in [6.07, 6.45) is 3.71. The molecule has 1 N–H and O–H groups in total. The van der Waals surface area contributed by atoms with Gasteiger partial charge in [-0.25, -0.2) is 4.98 Å². The van der Waals surface area contributed by atoms with E-state index < -0.39 is 6.10 Å². The van der Waals surface area contributed by atoms with Crippen molar-refractivity contribution >= 4 is 11.4 Å². The van der Waals surface area contributed by atoms with Crippen molar-refractivity contribution in [2.45, 2.75) is 31.8 Å². The SMILES string of the molecule is CC(O)CN(C)C(=O)c1nc(C2CC2)n2ccccc12. The van der Waals surface area contributed by atoms with Gasteiger partial charge < -0.3 is 14.4 Å². The smallest absolute Gasteiger partial charge is 0.274 e. The standard InChI is InChI=1S/C15H19N3O2/c1-10(19)9-17(2)15(20)13-12-5-3-4-8-18(12)14(16-13)11-6-7-11/h3-5,8,10-11,19H,6-7,9H2,1-2H3. The van der Waals surface area contributed by atoms with Gasteiger partial charge in [0.05, 0.1) is 11.6 Å². The van der Waals surface area contributed by atoms with Crippen LogP contribution in [-0.2, 0) is 0 Å². The highest BCUT2D eigenvalue weighted by atomic mass is 16.3. The molecule has 106 valence electrons. The Bertz CT molecular complexity index is 644. The molecule has 1 aliphatic carbocycles. The van der Waals surface area contributed by atoms with Crippen molar-refractivity contribution in [3.8, 4) is 0 Å². The van der Waals surface area contributed by atoms with Crippen LogP contribution >= 0.6 is 0 Å². The minimum atomic E-state index is -0.541. The predicted octanol–water partition coefficient (Wildman–Crippen LogP) is 1.66. The predicted molar refractivity (Wildman–Crippen MR) is 75.8 cm³/mol. The molecule has 0 aromatic carbocycles. The summed E-state index contributed by atoms with van der Waals surface area (Å²) < 4.78 is 2.01. The molecule has 0 saturated heterocycles. The summed E-state index contributed by atoms with van der Waals surface area (Å²) in [7, 11) is 1.69. The topological polar surface area (TPSA) is 57.8 Å². The van der Waals surface area contributed by atoms with Crippen molar-refractivity contribution in [1.82, 2.24) is 14.3 Å². The first kappa shape index (κ1) is 13.1. The van der Waals surface area contributed by atoms with Gasteiger partial charge in [-0.3, -0.25) is 4.79 Å². The number of rotatable bonds is 4. The average molecular weight is 273 g/mol. The molecular formula is C15H19N3O2. The molecule has 5 nitrogen and oxygen atoms in total. The normalized spacial score (nSPS) is 16.4. The first-order valence-corrected chi connectivity index (χ1v) is 6.98. The molecule has 2 aromatic rings. The number of imidazole rings is 1. The quantitative estimate of drug-likeness (QED) is 0.921. The Kier molecular flexibility index (Phi) is 3.22. The van der Waals surface area contributed by atoms with E-state index in [2.05, 4.69) is 4.98 Å². The Labute approximate surface area is 117 Å². The van der Waals surface area contributed by atoms with Crippen molar-refractivity contribution in [2.75, 3.05) is 13.6 Å². The lowest BCUT2D eigenvalue weighted by molar-refractivity contribution is 0.0700. The molecule has 2 aromatic heterocycles. The van der Waals surface area contributed by atoms with Crippen LogP contribution in [0.25, 0.3) is 5.52 Å². The number of pyridine rings is 1. The molecule has 0 bridgehead atoms. The number of hydrogen-bond donors (Lipinski definition) is 1. The van der Waals surface area contributed by atoms with Crippen LogP contribution in [0.5, 0.6) is 0 Å². The fourth-order valence-electron chi connectivity index (χ4n) is 2.51. The number of likely N-dealkylation sites (N-methyl/N-ethyl adjacent to an activating group) is 1. The zero-order valence-corrected chi connectivity index (χ0v) is 11.8. The lowest BCUT2D eigenvalue weighted by Crippen LogP contribution is -2.33. The molecule has 1 fully saturated rings. The molecule has 0 aliphatic heterocycles. The van der Waals surface area contributed by atoms with E-state index in [1.54, 1.807) is 14.0 Å². The third-order valence-electron chi connectivity index (χ3n) is 3.61. The minimum absolute atomic E-state index is 0.137. The third-order valence-corrected chi connectivity index (χ3v) is 3.61. The van der Waals surface area contributed by atoms with Crippen LogP contribution in [-0.4, -0.2) is 45.0 Å². The Morgan fingerprint density at radius 2 is 2.30 bits per heavy atom. The van der Waals surface area contributed by atoms with Crippen LogP contribution < -0.4 is 0 Å². The maximum Gasteiger partial charge on any atom is 0.274 e. The summed E-state index contributed by atoms with van der Waals surface area (Å²) in [4.78, 5) is 18.6. The maximum absolute atomic E-state index is 12.5. The molecule has 20 heavy (non-hydrogen) atoms. The number of carbonyl (C=O) groups excluding carboxylic acids is 1. The van der Waals surface area contributed by atoms with Crippen LogP contribution in [0.4, 0.5) is 0 Å². The second-order valence-electron chi connectivity index (χ2n) is 5.58. The molecule has 1 aliphatic rings. The summed E-state index contributed by atoms with van der Waals surface area (Å²) in [6, 6.07) is 5.79. The van der Waals surface area contributed by atoms with Crippen molar-refractivity contribution in [3.05, 3.63) is 35.9 Å². The molecule has 5 heteroatoms. The lowest BCUT2D eigenvalue weighted by Gasteiger charge is -2.17. The Morgan fingerprint density at radius 3 is 2.95 bits per heavy atom. The highest BCUT2D eigenvalue weighted by molar-refractivity contribution is 5.99. The first-order chi connectivity index (χ1) is 9.58. The molecular weight excluding hydrogens is 254 g/mol. The summed E-state index contributed by atoms with van der Waals surface area (Å²) >= 11 is 0. The maximum atomic E-state index is 12.5. The highest BCUT2D eigenvalue weighted by Crippen LogP contribution is 2.40. The third kappa shape index (κ3) is 2.29. The zero-order valence-electron chi connectivity index (χ0n) is 11.8. The molecule has 0 radical (unpaired) electrons. The van der Waals surface area contributed by atoms with E-state index in [1.807, 2.05) is 28.8 Å². The first-order valence-electron chi connectivity index (χ1n) is 6.98. The number of aliphatic hydroxyl groups is 1. The van der Waals surface area contributed by atoms with Crippen molar-refractivity contribution in [1.29, 1.82) is 0 Å². The fraction of sp³-hybridized carbons (Fsp3) is 0.467. The number of aromatic nitrogens is 2. The molecule has 3 rings (SSSR count). The fourth-order valence-corrected chi connectivity index (χ4v) is 2.51. The van der Waals surface area contributed by atoms with Crippen LogP contribution in [0.2, 0.25) is 0 Å². The van der Waals surface area contributed by atoms with Crippen LogP contribution in [0.15, 0.2) is 24.4 Å². The summed E-state index contributed by atoms with van der Waals surface area (Å²) in [5.41, 5.74) is 1.33. The van der Waals surface area contributed by atoms with E-state index >= 15 is 0 Å². The van der Waals surface area contributed by atoms with Gasteiger partial charge in [0, 0.05) is 25.7 Å². The number of carbonyl (C=O) groups is 1. The summed E-state index contributed by atoms with van der Waals surface area (Å²) in [5, 5.41) is 9.42. The minimum Gasteiger partial charge on any atom is -0.392 e. The Morgan fingerprint density at radius 1 is 1.55 bits per heavy atom. The van der Waals surface area contributed by atoms with Gasteiger partial charge in [0.2, 0.25) is 0 Å². The average Bonchev–Trinajstić information content (AvgIpc) is 3.18. The largest absolute Gasteiger partial charge is 0.392 e. The van der Waals surface area contributed by atoms with E-state index in [0.29, 0.717) is 18.2 Å². The zero-order chi connectivity index (χ0) is 14.3. The van der Waals surface area contributed by atoms with Gasteiger partial charge >= 0.3 is 0 Å². The van der Waals surface area contributed by atoms with Gasteiger partial charge in [-0.15, -0.1) is 0 Å². The molecule has 1 amide bonds. The lowest BCUT2D eigenvalue weighted by atomic mass is 10.3. The number of aliphatic hydroxyl groups excluding tert-OH is 1. The molecule has 1 unspecified atom stereocenters. The van der Waals surface area contributed by atoms with Crippen LogP contribution in [0.1, 0.15) is 42.0 Å². The molecule has 1 atom stereocenters. The van der Waals surface area contributed by atoms with E-state index in [4.69, 9.17) is 0 Å². The Hall–Kier alpha value is -1.88. The van der Waals surface area contributed by atoms with Gasteiger partial charge in [0.1, 0.15) is 5.82 Å². The van der Waals surface area contributed by atoms with Gasteiger partial charge in [0.25, 0.3) is 5.91 Å². The number of fused-ring (bicyclic) bond motifs is 1. The molecule has 1 saturated carbocycles. The van der Waals surface area contributed by atoms with Crippen molar-refractivity contribution in [3.63, 3.8) is 0 Å². The Balaban J connectivity index is 2.00. The van der Waals surface area contributed by atoms with Gasteiger partial charge in [-0.1, -0.05) is 6.07 Å². The van der Waals surface area contributed by atoms with Gasteiger partial charge in [-0.05, 0) is 31.9 Å².